The summed E-state index contributed by atoms with van der Waals surface area (Å²) in [6, 6.07) is 0.348. The van der Waals surface area contributed by atoms with Gasteiger partial charge in [-0.3, -0.25) is 0 Å². The van der Waals surface area contributed by atoms with Crippen LogP contribution in [0.1, 0.15) is 19.3 Å². The maximum absolute atomic E-state index is 10.9. The molecule has 1 amide bonds. The fraction of sp³-hybridized carbons (Fsp3) is 0.714. The van der Waals surface area contributed by atoms with Crippen LogP contribution in [0.2, 0.25) is 0 Å². The highest BCUT2D eigenvalue weighted by Crippen LogP contribution is 2.16. The van der Waals surface area contributed by atoms with Crippen LogP contribution in [0.25, 0.3) is 0 Å². The lowest BCUT2D eigenvalue weighted by molar-refractivity contribution is -0.456. The summed E-state index contributed by atoms with van der Waals surface area (Å²) in [4.78, 5) is 10.9. The lowest BCUT2D eigenvalue weighted by atomic mass is 10.1. The number of hydrogen-bond donors (Lipinski definition) is 0. The lowest BCUT2D eigenvalue weighted by Gasteiger charge is -2.05. The van der Waals surface area contributed by atoms with Crippen LogP contribution in [-0.2, 0) is 4.74 Å². The Labute approximate surface area is 59.3 Å². The molecule has 2 aliphatic heterocycles. The zero-order chi connectivity index (χ0) is 6.97. The molecule has 2 rings (SSSR count). The molecule has 0 saturated carbocycles. The number of cyclic esters (lactones) is 1. The molecule has 2 heterocycles. The van der Waals surface area contributed by atoms with Crippen molar-refractivity contribution in [3.8, 4) is 0 Å². The Kier molecular flexibility index (Phi) is 1.22. The normalized spacial score (nSPS) is 31.0. The topological polar surface area (TPSA) is 29.3 Å². The van der Waals surface area contributed by atoms with E-state index in [-0.39, 0.29) is 6.09 Å². The van der Waals surface area contributed by atoms with Crippen LogP contribution in [-0.4, -0.2) is 29.5 Å². The van der Waals surface area contributed by atoms with Gasteiger partial charge in [0.1, 0.15) is 0 Å². The van der Waals surface area contributed by atoms with Crippen molar-refractivity contribution in [2.45, 2.75) is 25.3 Å². The Balaban J connectivity index is 2.27. The summed E-state index contributed by atoms with van der Waals surface area (Å²) in [5.74, 6) is 0. The van der Waals surface area contributed by atoms with E-state index in [4.69, 9.17) is 4.74 Å². The van der Waals surface area contributed by atoms with Gasteiger partial charge in [-0.15, -0.1) is 4.58 Å². The van der Waals surface area contributed by atoms with Crippen LogP contribution in [0.15, 0.2) is 0 Å². The number of carbonyl (C=O) groups is 1. The van der Waals surface area contributed by atoms with E-state index in [0.717, 1.165) is 12.8 Å². The molecule has 0 N–H and O–H groups in total. The summed E-state index contributed by atoms with van der Waals surface area (Å²) in [6.45, 7) is 0.593. The lowest BCUT2D eigenvalue weighted by Crippen LogP contribution is -2.27. The molecule has 0 spiro atoms. The van der Waals surface area contributed by atoms with Gasteiger partial charge in [0.15, 0.2) is 18.9 Å². The molecule has 54 valence electrons. The van der Waals surface area contributed by atoms with Gasteiger partial charge in [0.2, 0.25) is 0 Å². The first-order valence-corrected chi connectivity index (χ1v) is 3.66. The summed E-state index contributed by atoms with van der Waals surface area (Å²) in [5, 5.41) is 0. The van der Waals surface area contributed by atoms with Crippen molar-refractivity contribution >= 4 is 12.3 Å². The second kappa shape index (κ2) is 2.08. The Morgan fingerprint density at radius 3 is 3.40 bits per heavy atom. The van der Waals surface area contributed by atoms with Crippen molar-refractivity contribution in [3.63, 3.8) is 0 Å². The quantitative estimate of drug-likeness (QED) is 0.465. The molecule has 2 aliphatic rings. The zero-order valence-corrected chi connectivity index (χ0v) is 5.75. The van der Waals surface area contributed by atoms with Crippen molar-refractivity contribution < 1.29 is 14.1 Å². The minimum Gasteiger partial charge on any atom is -0.405 e. The minimum atomic E-state index is -0.162. The van der Waals surface area contributed by atoms with Gasteiger partial charge in [-0.05, 0) is 6.42 Å². The van der Waals surface area contributed by atoms with Gasteiger partial charge in [-0.2, -0.15) is 4.79 Å². The maximum Gasteiger partial charge on any atom is 0.596 e. The average Bonchev–Trinajstić information content (AvgIpc) is 2.34. The number of fused-ring (bicyclic) bond motifs is 1. The van der Waals surface area contributed by atoms with Gasteiger partial charge in [0, 0.05) is 12.8 Å². The molecule has 1 fully saturated rings. The third-order valence-electron chi connectivity index (χ3n) is 2.07. The predicted octanol–water partition coefficient (Wildman–Crippen LogP) is 0.772. The maximum atomic E-state index is 10.9. The SMILES string of the molecule is O=C1OC[C@@H]2CCCC=[N+]12. The number of nitrogens with zero attached hydrogens (tertiary/aromatic N) is 1. The van der Waals surface area contributed by atoms with Crippen LogP contribution in [0.4, 0.5) is 4.79 Å². The minimum absolute atomic E-state index is 0.162. The molecule has 1 atom stereocenters. The number of hydrogen-bond acceptors (Lipinski definition) is 2. The fourth-order valence-corrected chi connectivity index (χ4v) is 1.50. The largest absolute Gasteiger partial charge is 0.596 e. The van der Waals surface area contributed by atoms with E-state index in [1.807, 2.05) is 6.21 Å². The van der Waals surface area contributed by atoms with Gasteiger partial charge >= 0.3 is 6.09 Å². The molecule has 0 aliphatic carbocycles. The molecule has 0 aromatic rings. The van der Waals surface area contributed by atoms with E-state index >= 15 is 0 Å². The molecule has 0 bridgehead atoms. The molecular formula is C7H10NO2+. The van der Waals surface area contributed by atoms with Crippen LogP contribution in [0, 0.1) is 0 Å². The molecular weight excluding hydrogens is 130 g/mol. The highest BCUT2D eigenvalue weighted by molar-refractivity contribution is 5.68. The van der Waals surface area contributed by atoms with E-state index < -0.39 is 0 Å². The number of amides is 1. The van der Waals surface area contributed by atoms with Crippen molar-refractivity contribution in [2.75, 3.05) is 6.61 Å². The number of ether oxygens (including phenoxy) is 1. The third kappa shape index (κ3) is 0.735. The van der Waals surface area contributed by atoms with E-state index in [0.29, 0.717) is 12.6 Å². The molecule has 1 saturated heterocycles. The molecule has 0 aromatic carbocycles. The Bertz CT molecular complexity index is 198. The van der Waals surface area contributed by atoms with Crippen LogP contribution < -0.4 is 0 Å². The second-order valence-electron chi connectivity index (χ2n) is 2.75. The van der Waals surface area contributed by atoms with Crippen molar-refractivity contribution in [2.24, 2.45) is 0 Å². The first-order valence-electron chi connectivity index (χ1n) is 3.66. The molecule has 10 heavy (non-hydrogen) atoms. The van der Waals surface area contributed by atoms with Crippen molar-refractivity contribution in [1.82, 2.24) is 0 Å². The molecule has 3 nitrogen and oxygen atoms in total. The molecule has 3 heteroatoms. The van der Waals surface area contributed by atoms with Gasteiger partial charge in [-0.25, -0.2) is 0 Å². The Hall–Kier alpha value is -0.860. The highest BCUT2D eigenvalue weighted by atomic mass is 16.6. The van der Waals surface area contributed by atoms with Crippen LogP contribution in [0.3, 0.4) is 0 Å². The smallest absolute Gasteiger partial charge is 0.405 e. The summed E-state index contributed by atoms with van der Waals surface area (Å²) < 4.78 is 6.58. The van der Waals surface area contributed by atoms with Crippen molar-refractivity contribution in [3.05, 3.63) is 0 Å². The number of carbonyl (C=O) groups excluding carboxylic acids is 1. The number of rotatable bonds is 0. The van der Waals surface area contributed by atoms with E-state index in [1.54, 1.807) is 4.58 Å². The predicted molar refractivity (Wildman–Crippen MR) is 35.3 cm³/mol. The molecule has 0 radical (unpaired) electrons. The average molecular weight is 140 g/mol. The van der Waals surface area contributed by atoms with Crippen LogP contribution in [0.5, 0.6) is 0 Å². The Morgan fingerprint density at radius 1 is 1.70 bits per heavy atom. The Morgan fingerprint density at radius 2 is 2.60 bits per heavy atom. The van der Waals surface area contributed by atoms with Gasteiger partial charge < -0.3 is 4.74 Å². The summed E-state index contributed by atoms with van der Waals surface area (Å²) in [5.41, 5.74) is 0. The summed E-state index contributed by atoms with van der Waals surface area (Å²) in [6.07, 6.45) is 5.10. The second-order valence-corrected chi connectivity index (χ2v) is 2.75. The van der Waals surface area contributed by atoms with E-state index in [2.05, 4.69) is 0 Å². The third-order valence-corrected chi connectivity index (χ3v) is 2.07. The van der Waals surface area contributed by atoms with E-state index in [9.17, 15) is 4.79 Å². The van der Waals surface area contributed by atoms with E-state index in [1.165, 1.54) is 6.42 Å². The molecule has 0 unspecified atom stereocenters. The first kappa shape index (κ1) is 5.89. The van der Waals surface area contributed by atoms with Crippen molar-refractivity contribution in [1.29, 1.82) is 0 Å². The van der Waals surface area contributed by atoms with Gasteiger partial charge in [-0.1, -0.05) is 0 Å². The van der Waals surface area contributed by atoms with Gasteiger partial charge in [0.25, 0.3) is 0 Å². The molecule has 0 aromatic heterocycles. The fourth-order valence-electron chi connectivity index (χ4n) is 1.50. The van der Waals surface area contributed by atoms with Crippen LogP contribution >= 0.6 is 0 Å². The zero-order valence-electron chi connectivity index (χ0n) is 5.75. The monoisotopic (exact) mass is 140 g/mol. The summed E-state index contributed by atoms with van der Waals surface area (Å²) in [7, 11) is 0. The van der Waals surface area contributed by atoms with Gasteiger partial charge in [0.05, 0.1) is 0 Å². The highest BCUT2D eigenvalue weighted by Gasteiger charge is 2.39. The standard InChI is InChI=1S/C7H10NO2/c9-7-8-4-2-1-3-6(8)5-10-7/h4,6H,1-3,5H2/q+1/t6-/m0/s1. The first-order chi connectivity index (χ1) is 4.88. The summed E-state index contributed by atoms with van der Waals surface area (Å²) >= 11 is 0.